The van der Waals surface area contributed by atoms with E-state index in [-0.39, 0.29) is 12.2 Å². The highest BCUT2D eigenvalue weighted by atomic mass is 32.1. The van der Waals surface area contributed by atoms with Crippen LogP contribution >= 0.6 is 11.3 Å². The predicted octanol–water partition coefficient (Wildman–Crippen LogP) is 5.12. The van der Waals surface area contributed by atoms with Crippen LogP contribution in [0.4, 0.5) is 0 Å². The summed E-state index contributed by atoms with van der Waals surface area (Å²) in [6.45, 7) is 3.73. The molecule has 0 aliphatic carbocycles. The molecule has 0 spiro atoms. The van der Waals surface area contributed by atoms with Crippen LogP contribution in [0.15, 0.2) is 93.9 Å². The Morgan fingerprint density at radius 1 is 0.951 bits per heavy atom. The van der Waals surface area contributed by atoms with Crippen molar-refractivity contribution in [3.63, 3.8) is 0 Å². The molecule has 0 bridgehead atoms. The summed E-state index contributed by atoms with van der Waals surface area (Å²) in [5.41, 5.74) is 2.23. The van der Waals surface area contributed by atoms with E-state index < -0.39 is 12.0 Å². The molecule has 5 aromatic rings. The molecule has 0 fully saturated rings. The molecule has 1 atom stereocenters. The summed E-state index contributed by atoms with van der Waals surface area (Å²) in [5, 5.41) is 4.29. The summed E-state index contributed by atoms with van der Waals surface area (Å²) in [4.78, 5) is 32.7. The molecular formula is C33H28N2O5S. The number of rotatable bonds is 6. The molecule has 7 nitrogen and oxygen atoms in total. The topological polar surface area (TPSA) is 79.1 Å². The minimum atomic E-state index is -0.753. The van der Waals surface area contributed by atoms with E-state index in [1.165, 1.54) is 11.3 Å². The minimum absolute atomic E-state index is 0.201. The first-order chi connectivity index (χ1) is 19.9. The molecule has 0 saturated heterocycles. The Kier molecular flexibility index (Phi) is 6.93. The zero-order valence-corrected chi connectivity index (χ0v) is 24.0. The second kappa shape index (κ2) is 10.7. The van der Waals surface area contributed by atoms with Gasteiger partial charge in [0.1, 0.15) is 0 Å². The average molecular weight is 565 g/mol. The highest BCUT2D eigenvalue weighted by Gasteiger charge is 2.34. The summed E-state index contributed by atoms with van der Waals surface area (Å²) >= 11 is 1.31. The Bertz CT molecular complexity index is 2000. The van der Waals surface area contributed by atoms with E-state index in [9.17, 15) is 9.59 Å². The molecule has 0 amide bonds. The van der Waals surface area contributed by atoms with Gasteiger partial charge in [0.05, 0.1) is 42.7 Å². The number of thiazole rings is 1. The molecule has 1 aliphatic rings. The molecule has 0 saturated carbocycles. The number of aromatic nitrogens is 1. The van der Waals surface area contributed by atoms with Crippen LogP contribution in [0.1, 0.15) is 31.0 Å². The lowest BCUT2D eigenvalue weighted by atomic mass is 9.95. The number of nitrogens with zero attached hydrogens (tertiary/aromatic N) is 2. The third-order valence-corrected chi connectivity index (χ3v) is 8.31. The Hall–Kier alpha value is -4.69. The van der Waals surface area contributed by atoms with Gasteiger partial charge in [-0.15, -0.1) is 0 Å². The molecule has 0 N–H and O–H groups in total. The van der Waals surface area contributed by atoms with Gasteiger partial charge in [-0.1, -0.05) is 65.9 Å². The van der Waals surface area contributed by atoms with Crippen molar-refractivity contribution in [3.05, 3.63) is 115 Å². The van der Waals surface area contributed by atoms with Gasteiger partial charge in [-0.2, -0.15) is 0 Å². The standard InChI is InChI=1S/C33H28N2O5S/c1-5-40-32(37)29-19(2)34-33-35(30(29)22-14-15-26(38-3)27(17-22)39-4)31(36)28(41-33)18-25-23-12-8-6-10-20(23)16-21-11-7-9-13-24(21)25/h6-18,30H,5H2,1-4H3/b28-18+. The van der Waals surface area contributed by atoms with Gasteiger partial charge >= 0.3 is 5.97 Å². The number of hydrogen-bond acceptors (Lipinski definition) is 7. The van der Waals surface area contributed by atoms with Crippen molar-refractivity contribution in [1.29, 1.82) is 0 Å². The third kappa shape index (κ3) is 4.50. The second-order valence-corrected chi connectivity index (χ2v) is 10.7. The monoisotopic (exact) mass is 564 g/mol. The van der Waals surface area contributed by atoms with E-state index in [1.807, 2.05) is 36.4 Å². The highest BCUT2D eigenvalue weighted by Crippen LogP contribution is 2.36. The van der Waals surface area contributed by atoms with Gasteiger partial charge in [-0.3, -0.25) is 9.36 Å². The maximum absolute atomic E-state index is 14.2. The lowest BCUT2D eigenvalue weighted by molar-refractivity contribution is -0.139. The third-order valence-electron chi connectivity index (χ3n) is 7.33. The van der Waals surface area contributed by atoms with Crippen LogP contribution in [0, 0.1) is 0 Å². The number of benzene rings is 4. The first kappa shape index (κ1) is 26.5. The van der Waals surface area contributed by atoms with Gasteiger partial charge in [-0.25, -0.2) is 9.79 Å². The summed E-state index contributed by atoms with van der Waals surface area (Å²) in [6, 6.07) is 23.1. The molecular weight excluding hydrogens is 536 g/mol. The SMILES string of the molecule is CCOC(=O)C1=C(C)N=c2s/c(=C/c3c4ccccc4cc4ccccc34)c(=O)n2C1c1ccc(OC)c(OC)c1. The van der Waals surface area contributed by atoms with E-state index in [4.69, 9.17) is 19.2 Å². The largest absolute Gasteiger partial charge is 0.493 e. The zero-order chi connectivity index (χ0) is 28.7. The van der Waals surface area contributed by atoms with Gasteiger partial charge in [0.15, 0.2) is 16.3 Å². The average Bonchev–Trinajstić information content (AvgIpc) is 3.29. The van der Waals surface area contributed by atoms with Crippen LogP contribution in [0.25, 0.3) is 27.6 Å². The number of hydrogen-bond donors (Lipinski definition) is 0. The van der Waals surface area contributed by atoms with Gasteiger partial charge in [0.2, 0.25) is 0 Å². The summed E-state index contributed by atoms with van der Waals surface area (Å²) in [6.07, 6.45) is 1.95. The lowest BCUT2D eigenvalue weighted by Gasteiger charge is -2.25. The molecule has 8 heteroatoms. The molecule has 0 radical (unpaired) electrons. The quantitative estimate of drug-likeness (QED) is 0.211. The predicted molar refractivity (Wildman–Crippen MR) is 161 cm³/mol. The van der Waals surface area contributed by atoms with Crippen LogP contribution in [0.2, 0.25) is 0 Å². The molecule has 206 valence electrons. The zero-order valence-electron chi connectivity index (χ0n) is 23.1. The Labute approximate surface area is 240 Å². The first-order valence-electron chi connectivity index (χ1n) is 13.3. The molecule has 41 heavy (non-hydrogen) atoms. The van der Waals surface area contributed by atoms with Crippen molar-refractivity contribution >= 4 is 44.9 Å². The van der Waals surface area contributed by atoms with Gasteiger partial charge in [-0.05, 0) is 70.8 Å². The lowest BCUT2D eigenvalue weighted by Crippen LogP contribution is -2.40. The van der Waals surface area contributed by atoms with Crippen LogP contribution in [-0.4, -0.2) is 31.4 Å². The molecule has 6 rings (SSSR count). The minimum Gasteiger partial charge on any atom is -0.493 e. The Balaban J connectivity index is 1.64. The van der Waals surface area contributed by atoms with E-state index in [0.717, 1.165) is 27.1 Å². The van der Waals surface area contributed by atoms with Crippen molar-refractivity contribution in [2.45, 2.75) is 19.9 Å². The van der Waals surface area contributed by atoms with Gasteiger partial charge < -0.3 is 14.2 Å². The summed E-state index contributed by atoms with van der Waals surface area (Å²) in [7, 11) is 3.11. The second-order valence-electron chi connectivity index (χ2n) is 9.65. The number of methoxy groups -OCH3 is 2. The van der Waals surface area contributed by atoms with Crippen molar-refractivity contribution in [2.24, 2.45) is 4.99 Å². The van der Waals surface area contributed by atoms with E-state index in [1.54, 1.807) is 44.8 Å². The molecule has 2 heterocycles. The molecule has 4 aromatic carbocycles. The number of esters is 1. The number of ether oxygens (including phenoxy) is 3. The van der Waals surface area contributed by atoms with E-state index >= 15 is 0 Å². The fraction of sp³-hybridized carbons (Fsp3) is 0.182. The van der Waals surface area contributed by atoms with Crippen molar-refractivity contribution in [2.75, 3.05) is 20.8 Å². The molecule has 1 aliphatic heterocycles. The van der Waals surface area contributed by atoms with E-state index in [2.05, 4.69) is 30.3 Å². The number of fused-ring (bicyclic) bond motifs is 3. The van der Waals surface area contributed by atoms with Crippen LogP contribution in [0.5, 0.6) is 11.5 Å². The number of allylic oxidation sites excluding steroid dienone is 1. The number of carbonyl (C=O) groups is 1. The highest BCUT2D eigenvalue weighted by molar-refractivity contribution is 7.07. The maximum Gasteiger partial charge on any atom is 0.338 e. The fourth-order valence-corrected chi connectivity index (χ4v) is 6.49. The summed E-state index contributed by atoms with van der Waals surface area (Å²) < 4.78 is 18.5. The van der Waals surface area contributed by atoms with Crippen LogP contribution in [0.3, 0.4) is 0 Å². The Morgan fingerprint density at radius 2 is 1.61 bits per heavy atom. The van der Waals surface area contributed by atoms with Gasteiger partial charge in [0.25, 0.3) is 5.56 Å². The Morgan fingerprint density at radius 3 is 2.24 bits per heavy atom. The van der Waals surface area contributed by atoms with Gasteiger partial charge in [0, 0.05) is 0 Å². The molecule has 1 aromatic heterocycles. The fourth-order valence-electron chi connectivity index (χ4n) is 5.47. The van der Waals surface area contributed by atoms with Crippen molar-refractivity contribution in [3.8, 4) is 11.5 Å². The summed E-state index contributed by atoms with van der Waals surface area (Å²) in [5.74, 6) is 0.528. The molecule has 1 unspecified atom stereocenters. The first-order valence-corrected chi connectivity index (χ1v) is 14.1. The smallest absolute Gasteiger partial charge is 0.338 e. The maximum atomic E-state index is 14.2. The van der Waals surface area contributed by atoms with Crippen LogP contribution < -0.4 is 24.4 Å². The van der Waals surface area contributed by atoms with Crippen LogP contribution in [-0.2, 0) is 9.53 Å². The van der Waals surface area contributed by atoms with Crippen molar-refractivity contribution < 1.29 is 19.0 Å². The van der Waals surface area contributed by atoms with Crippen molar-refractivity contribution in [1.82, 2.24) is 4.57 Å². The number of carbonyl (C=O) groups excluding carboxylic acids is 1. The van der Waals surface area contributed by atoms with E-state index in [0.29, 0.717) is 37.7 Å². The normalized spacial score (nSPS) is 15.1.